The van der Waals surface area contributed by atoms with Gasteiger partial charge in [0, 0.05) is 19.6 Å². The molecule has 27 heavy (non-hydrogen) atoms. The van der Waals surface area contributed by atoms with Crippen LogP contribution in [0.15, 0.2) is 52.1 Å². The van der Waals surface area contributed by atoms with E-state index >= 15 is 0 Å². The summed E-state index contributed by atoms with van der Waals surface area (Å²) in [6.45, 7) is 10.6. The van der Waals surface area contributed by atoms with Gasteiger partial charge in [-0.25, -0.2) is 4.99 Å². The van der Waals surface area contributed by atoms with E-state index in [0.29, 0.717) is 12.5 Å². The quantitative estimate of drug-likeness (QED) is 0.318. The number of guanidine groups is 1. The Morgan fingerprint density at radius 3 is 2.44 bits per heavy atom. The molecule has 150 valence electrons. The molecule has 0 spiro atoms. The molecule has 1 heterocycles. The molecule has 2 rings (SSSR count). The normalized spacial score (nSPS) is 11.6. The number of hydrogen-bond donors (Lipinski definition) is 2. The number of nitrogens with zero attached hydrogens (tertiary/aromatic N) is 2. The first-order valence-corrected chi connectivity index (χ1v) is 9.38. The van der Waals surface area contributed by atoms with Crippen molar-refractivity contribution in [1.29, 1.82) is 0 Å². The van der Waals surface area contributed by atoms with Gasteiger partial charge in [-0.2, -0.15) is 0 Å². The van der Waals surface area contributed by atoms with E-state index in [1.54, 1.807) is 6.26 Å². The van der Waals surface area contributed by atoms with Gasteiger partial charge in [-0.1, -0.05) is 38.1 Å². The zero-order valence-electron chi connectivity index (χ0n) is 16.9. The molecule has 0 unspecified atom stereocenters. The number of nitrogens with one attached hydrogen (secondary N) is 2. The fourth-order valence-electron chi connectivity index (χ4n) is 2.69. The highest BCUT2D eigenvalue weighted by atomic mass is 127. The lowest BCUT2D eigenvalue weighted by Gasteiger charge is -2.18. The lowest BCUT2D eigenvalue weighted by molar-refractivity contribution is 0.287. The number of rotatable bonds is 9. The molecule has 0 radical (unpaired) electrons. The predicted molar refractivity (Wildman–Crippen MR) is 123 cm³/mol. The Bertz CT molecular complexity index is 671. The predicted octanol–water partition coefficient (Wildman–Crippen LogP) is 4.24. The van der Waals surface area contributed by atoms with Crippen LogP contribution in [0.4, 0.5) is 0 Å². The van der Waals surface area contributed by atoms with Crippen LogP contribution >= 0.6 is 24.0 Å². The molecule has 0 amide bonds. The lowest BCUT2D eigenvalue weighted by Crippen LogP contribution is -2.39. The molecule has 0 aliphatic heterocycles. The van der Waals surface area contributed by atoms with E-state index in [4.69, 9.17) is 9.41 Å². The van der Waals surface area contributed by atoms with Crippen LogP contribution < -0.4 is 10.6 Å². The highest BCUT2D eigenvalue weighted by Gasteiger charge is 2.08. The number of halogens is 1. The van der Waals surface area contributed by atoms with E-state index in [1.807, 2.05) is 12.1 Å². The van der Waals surface area contributed by atoms with Gasteiger partial charge in [0.25, 0.3) is 0 Å². The first-order chi connectivity index (χ1) is 12.6. The summed E-state index contributed by atoms with van der Waals surface area (Å²) in [5.41, 5.74) is 2.55. The van der Waals surface area contributed by atoms with E-state index < -0.39 is 0 Å². The molecular formula is C21H33IN4O. The number of furan rings is 1. The molecule has 0 saturated carbocycles. The zero-order valence-corrected chi connectivity index (χ0v) is 19.2. The van der Waals surface area contributed by atoms with Crippen molar-refractivity contribution in [2.75, 3.05) is 20.1 Å². The van der Waals surface area contributed by atoms with Crippen LogP contribution in [0.1, 0.15) is 37.7 Å². The molecule has 2 aromatic rings. The van der Waals surface area contributed by atoms with E-state index in [1.165, 1.54) is 11.1 Å². The van der Waals surface area contributed by atoms with Crippen molar-refractivity contribution in [2.45, 2.75) is 40.4 Å². The van der Waals surface area contributed by atoms with E-state index in [2.05, 4.69) is 67.6 Å². The summed E-state index contributed by atoms with van der Waals surface area (Å²) in [6.07, 6.45) is 1.72. The molecule has 6 heteroatoms. The molecule has 1 aromatic carbocycles. The summed E-state index contributed by atoms with van der Waals surface area (Å²) < 4.78 is 5.44. The highest BCUT2D eigenvalue weighted by molar-refractivity contribution is 14.0. The Labute approximate surface area is 180 Å². The largest absolute Gasteiger partial charge is 0.468 e. The Morgan fingerprint density at radius 2 is 1.81 bits per heavy atom. The van der Waals surface area contributed by atoms with Crippen LogP contribution in [0.2, 0.25) is 0 Å². The molecule has 0 bridgehead atoms. The van der Waals surface area contributed by atoms with E-state index in [9.17, 15) is 0 Å². The van der Waals surface area contributed by atoms with E-state index in [0.717, 1.165) is 37.9 Å². The van der Waals surface area contributed by atoms with Crippen molar-refractivity contribution in [3.63, 3.8) is 0 Å². The minimum atomic E-state index is 0. The SMILES string of the molecule is CCNC(=NCc1ccccc1CN(C)Cc1ccco1)NCC(C)C.I. The van der Waals surface area contributed by atoms with Crippen molar-refractivity contribution in [3.8, 4) is 0 Å². The van der Waals surface area contributed by atoms with Crippen LogP contribution in [0, 0.1) is 5.92 Å². The molecule has 0 aliphatic carbocycles. The van der Waals surface area contributed by atoms with Crippen molar-refractivity contribution in [1.82, 2.24) is 15.5 Å². The topological polar surface area (TPSA) is 52.8 Å². The monoisotopic (exact) mass is 484 g/mol. The Hall–Kier alpha value is -1.54. The Morgan fingerprint density at radius 1 is 1.07 bits per heavy atom. The first-order valence-electron chi connectivity index (χ1n) is 9.38. The summed E-state index contributed by atoms with van der Waals surface area (Å²) in [4.78, 5) is 7.01. The van der Waals surface area contributed by atoms with Crippen molar-refractivity contribution in [3.05, 3.63) is 59.5 Å². The highest BCUT2D eigenvalue weighted by Crippen LogP contribution is 2.14. The maximum Gasteiger partial charge on any atom is 0.191 e. The summed E-state index contributed by atoms with van der Waals surface area (Å²) >= 11 is 0. The van der Waals surface area contributed by atoms with Gasteiger partial charge in [-0.15, -0.1) is 24.0 Å². The van der Waals surface area contributed by atoms with Crippen molar-refractivity contribution >= 4 is 29.9 Å². The van der Waals surface area contributed by atoms with Crippen LogP contribution in [-0.4, -0.2) is 31.0 Å². The molecular weight excluding hydrogens is 451 g/mol. The molecule has 0 saturated heterocycles. The fraction of sp³-hybridized carbons (Fsp3) is 0.476. The fourth-order valence-corrected chi connectivity index (χ4v) is 2.69. The Balaban J connectivity index is 0.00000364. The third-order valence-corrected chi connectivity index (χ3v) is 3.99. The molecule has 5 nitrogen and oxygen atoms in total. The minimum absolute atomic E-state index is 0. The smallest absolute Gasteiger partial charge is 0.191 e. The van der Waals surface area contributed by atoms with Gasteiger partial charge < -0.3 is 15.1 Å². The standard InChI is InChI=1S/C21H32N4O.HI/c1-5-22-21(23-13-17(2)3)24-14-18-9-6-7-10-19(18)15-25(4)16-20-11-8-12-26-20;/h6-12,17H,5,13-16H2,1-4H3,(H2,22,23,24);1H. The average molecular weight is 484 g/mol. The molecule has 2 N–H and O–H groups in total. The second-order valence-electron chi connectivity index (χ2n) is 6.99. The maximum atomic E-state index is 5.44. The first kappa shape index (κ1) is 23.5. The summed E-state index contributed by atoms with van der Waals surface area (Å²) in [5.74, 6) is 2.44. The van der Waals surface area contributed by atoms with Gasteiger partial charge >= 0.3 is 0 Å². The van der Waals surface area contributed by atoms with Crippen LogP contribution in [0.5, 0.6) is 0 Å². The van der Waals surface area contributed by atoms with Crippen molar-refractivity contribution < 1.29 is 4.42 Å². The van der Waals surface area contributed by atoms with Gasteiger partial charge in [0.2, 0.25) is 0 Å². The van der Waals surface area contributed by atoms with Crippen molar-refractivity contribution in [2.24, 2.45) is 10.9 Å². The second kappa shape index (κ2) is 12.8. The summed E-state index contributed by atoms with van der Waals surface area (Å²) in [5, 5.41) is 6.71. The van der Waals surface area contributed by atoms with Gasteiger partial charge in [0.05, 0.1) is 19.4 Å². The molecule has 1 aromatic heterocycles. The third kappa shape index (κ3) is 8.79. The van der Waals surface area contributed by atoms with Crippen LogP contribution in [0.3, 0.4) is 0 Å². The third-order valence-electron chi connectivity index (χ3n) is 3.99. The second-order valence-corrected chi connectivity index (χ2v) is 6.99. The summed E-state index contributed by atoms with van der Waals surface area (Å²) in [6, 6.07) is 12.4. The number of hydrogen-bond acceptors (Lipinski definition) is 3. The Kier molecular flexibility index (Phi) is 11.1. The molecule has 0 atom stereocenters. The molecule has 0 aliphatic rings. The molecule has 0 fully saturated rings. The van der Waals surface area contributed by atoms with E-state index in [-0.39, 0.29) is 24.0 Å². The lowest BCUT2D eigenvalue weighted by atomic mass is 10.1. The summed E-state index contributed by atoms with van der Waals surface area (Å²) in [7, 11) is 2.11. The average Bonchev–Trinajstić information content (AvgIpc) is 3.11. The number of aliphatic imine (C=N–C) groups is 1. The maximum absolute atomic E-state index is 5.44. The van der Waals surface area contributed by atoms with Gasteiger partial charge in [-0.05, 0) is 43.1 Å². The van der Waals surface area contributed by atoms with Crippen LogP contribution in [-0.2, 0) is 19.6 Å². The zero-order chi connectivity index (χ0) is 18.8. The van der Waals surface area contributed by atoms with Gasteiger partial charge in [0.15, 0.2) is 5.96 Å². The van der Waals surface area contributed by atoms with Gasteiger partial charge in [0.1, 0.15) is 5.76 Å². The number of benzene rings is 1. The minimum Gasteiger partial charge on any atom is -0.468 e. The van der Waals surface area contributed by atoms with Crippen LogP contribution in [0.25, 0.3) is 0 Å². The van der Waals surface area contributed by atoms with Gasteiger partial charge in [-0.3, -0.25) is 4.90 Å².